The Kier molecular flexibility index (Phi) is 5.16. The number of halogens is 1. The smallest absolute Gasteiger partial charge is 0.269 e. The summed E-state index contributed by atoms with van der Waals surface area (Å²) in [6, 6.07) is 22.6. The maximum atomic E-state index is 13.2. The molecule has 3 aromatic carbocycles. The quantitative estimate of drug-likeness (QED) is 0.528. The average molecular weight is 336 g/mol. The molecule has 0 bridgehead atoms. The van der Waals surface area contributed by atoms with Gasteiger partial charge in [0.25, 0.3) is 5.69 Å². The van der Waals surface area contributed by atoms with Gasteiger partial charge in [-0.3, -0.25) is 10.1 Å². The van der Waals surface area contributed by atoms with Crippen molar-refractivity contribution in [2.45, 2.75) is 12.6 Å². The van der Waals surface area contributed by atoms with E-state index in [9.17, 15) is 14.5 Å². The van der Waals surface area contributed by atoms with Gasteiger partial charge in [-0.15, -0.1) is 0 Å². The van der Waals surface area contributed by atoms with Gasteiger partial charge in [0.05, 0.1) is 11.0 Å². The molecular weight excluding hydrogens is 319 g/mol. The lowest BCUT2D eigenvalue weighted by Gasteiger charge is -2.20. The van der Waals surface area contributed by atoms with Crippen LogP contribution in [0.1, 0.15) is 22.7 Å². The van der Waals surface area contributed by atoms with Crippen LogP contribution in [0, 0.1) is 15.9 Å². The summed E-state index contributed by atoms with van der Waals surface area (Å²) in [6.45, 7) is 0.537. The van der Waals surface area contributed by atoms with Gasteiger partial charge in [0, 0.05) is 18.7 Å². The number of benzene rings is 3. The van der Waals surface area contributed by atoms with E-state index < -0.39 is 4.92 Å². The first kappa shape index (κ1) is 16.8. The van der Waals surface area contributed by atoms with Gasteiger partial charge in [0.1, 0.15) is 5.82 Å². The maximum Gasteiger partial charge on any atom is 0.269 e. The van der Waals surface area contributed by atoms with Crippen molar-refractivity contribution in [2.75, 3.05) is 0 Å². The summed E-state index contributed by atoms with van der Waals surface area (Å²) < 4.78 is 13.2. The Labute approximate surface area is 145 Å². The lowest BCUT2D eigenvalue weighted by molar-refractivity contribution is -0.384. The Morgan fingerprint density at radius 2 is 1.48 bits per heavy atom. The molecule has 25 heavy (non-hydrogen) atoms. The number of nitro groups is 1. The molecule has 1 N–H and O–H groups in total. The molecule has 3 aromatic rings. The number of hydrogen-bond acceptors (Lipinski definition) is 3. The van der Waals surface area contributed by atoms with Gasteiger partial charge in [-0.2, -0.15) is 0 Å². The molecule has 0 aromatic heterocycles. The monoisotopic (exact) mass is 336 g/mol. The van der Waals surface area contributed by atoms with Crippen LogP contribution in [0.25, 0.3) is 0 Å². The van der Waals surface area contributed by atoms with Gasteiger partial charge < -0.3 is 5.32 Å². The van der Waals surface area contributed by atoms with E-state index in [0.717, 1.165) is 16.7 Å². The summed E-state index contributed by atoms with van der Waals surface area (Å²) in [6.07, 6.45) is 0. The van der Waals surface area contributed by atoms with Crippen LogP contribution in [0.3, 0.4) is 0 Å². The molecule has 0 aliphatic carbocycles. The minimum atomic E-state index is -0.414. The molecule has 0 spiro atoms. The molecule has 0 saturated carbocycles. The number of rotatable bonds is 6. The fraction of sp³-hybridized carbons (Fsp3) is 0.100. The second kappa shape index (κ2) is 7.68. The predicted molar refractivity (Wildman–Crippen MR) is 94.6 cm³/mol. The Balaban J connectivity index is 1.80. The van der Waals surface area contributed by atoms with E-state index in [1.54, 1.807) is 24.3 Å². The van der Waals surface area contributed by atoms with Crippen molar-refractivity contribution in [3.63, 3.8) is 0 Å². The zero-order valence-corrected chi connectivity index (χ0v) is 13.4. The third-order valence-corrected chi connectivity index (χ3v) is 3.99. The topological polar surface area (TPSA) is 55.2 Å². The Morgan fingerprint density at radius 3 is 2.08 bits per heavy atom. The molecule has 0 heterocycles. The standard InChI is InChI=1S/C20H17FN2O2/c21-18-10-8-17(9-11-18)20(16-4-2-1-3-5-16)22-14-15-6-12-19(13-7-15)23(24)25/h1-13,20,22H,14H2/t20-/m1/s1. The van der Waals surface area contributed by atoms with Crippen molar-refractivity contribution >= 4 is 5.69 Å². The highest BCUT2D eigenvalue weighted by molar-refractivity contribution is 5.34. The van der Waals surface area contributed by atoms with E-state index >= 15 is 0 Å². The van der Waals surface area contributed by atoms with E-state index in [0.29, 0.717) is 6.54 Å². The minimum Gasteiger partial charge on any atom is -0.302 e. The largest absolute Gasteiger partial charge is 0.302 e. The highest BCUT2D eigenvalue weighted by Crippen LogP contribution is 2.23. The third kappa shape index (κ3) is 4.28. The van der Waals surface area contributed by atoms with Crippen molar-refractivity contribution in [2.24, 2.45) is 0 Å². The Hall–Kier alpha value is -3.05. The summed E-state index contributed by atoms with van der Waals surface area (Å²) in [5.74, 6) is -0.272. The van der Waals surface area contributed by atoms with Gasteiger partial charge in [0.15, 0.2) is 0 Å². The van der Waals surface area contributed by atoms with Gasteiger partial charge >= 0.3 is 0 Å². The fourth-order valence-corrected chi connectivity index (χ4v) is 2.68. The van der Waals surface area contributed by atoms with Crippen LogP contribution in [0.4, 0.5) is 10.1 Å². The molecule has 0 amide bonds. The molecule has 1 atom stereocenters. The zero-order valence-electron chi connectivity index (χ0n) is 13.4. The van der Waals surface area contributed by atoms with Crippen molar-refractivity contribution < 1.29 is 9.31 Å². The van der Waals surface area contributed by atoms with Crippen LogP contribution >= 0.6 is 0 Å². The number of nitrogens with one attached hydrogen (secondary N) is 1. The molecule has 3 rings (SSSR count). The summed E-state index contributed by atoms with van der Waals surface area (Å²) >= 11 is 0. The van der Waals surface area contributed by atoms with Crippen LogP contribution in [-0.2, 0) is 6.54 Å². The summed E-state index contributed by atoms with van der Waals surface area (Å²) in [5.41, 5.74) is 3.03. The number of nitrogens with zero attached hydrogens (tertiary/aromatic N) is 1. The van der Waals surface area contributed by atoms with E-state index in [1.165, 1.54) is 24.3 Å². The lowest BCUT2D eigenvalue weighted by Crippen LogP contribution is -2.22. The first-order valence-electron chi connectivity index (χ1n) is 7.90. The second-order valence-electron chi connectivity index (χ2n) is 5.70. The minimum absolute atomic E-state index is 0.0712. The summed E-state index contributed by atoms with van der Waals surface area (Å²) in [7, 11) is 0. The molecule has 0 radical (unpaired) electrons. The second-order valence-corrected chi connectivity index (χ2v) is 5.70. The van der Waals surface area contributed by atoms with Crippen molar-refractivity contribution in [1.82, 2.24) is 5.32 Å². The van der Waals surface area contributed by atoms with Gasteiger partial charge in [0.2, 0.25) is 0 Å². The van der Waals surface area contributed by atoms with Crippen molar-refractivity contribution in [3.05, 3.63) is 111 Å². The third-order valence-electron chi connectivity index (χ3n) is 3.99. The fourth-order valence-electron chi connectivity index (χ4n) is 2.68. The Bertz CT molecular complexity index is 834. The highest BCUT2D eigenvalue weighted by atomic mass is 19.1. The molecule has 0 aliphatic rings. The zero-order chi connectivity index (χ0) is 17.6. The van der Waals surface area contributed by atoms with Gasteiger partial charge in [-0.1, -0.05) is 54.6 Å². The van der Waals surface area contributed by atoms with Crippen LogP contribution in [-0.4, -0.2) is 4.92 Å². The molecule has 0 aliphatic heterocycles. The molecular formula is C20H17FN2O2. The number of non-ortho nitro benzene ring substituents is 1. The predicted octanol–water partition coefficient (Wildman–Crippen LogP) is 4.61. The normalized spacial score (nSPS) is 11.9. The van der Waals surface area contributed by atoms with Crippen molar-refractivity contribution in [3.8, 4) is 0 Å². The molecule has 0 saturated heterocycles. The van der Waals surface area contributed by atoms with E-state index in [2.05, 4.69) is 5.32 Å². The lowest BCUT2D eigenvalue weighted by atomic mass is 9.98. The van der Waals surface area contributed by atoms with E-state index in [4.69, 9.17) is 0 Å². The number of hydrogen-bond donors (Lipinski definition) is 1. The van der Waals surface area contributed by atoms with E-state index in [-0.39, 0.29) is 17.5 Å². The van der Waals surface area contributed by atoms with Crippen LogP contribution in [0.5, 0.6) is 0 Å². The van der Waals surface area contributed by atoms with Crippen LogP contribution in [0.2, 0.25) is 0 Å². The molecule has 5 heteroatoms. The van der Waals surface area contributed by atoms with E-state index in [1.807, 2.05) is 30.3 Å². The molecule has 4 nitrogen and oxygen atoms in total. The molecule has 126 valence electrons. The number of nitro benzene ring substituents is 1. The van der Waals surface area contributed by atoms with Gasteiger partial charge in [-0.25, -0.2) is 4.39 Å². The summed E-state index contributed by atoms with van der Waals surface area (Å²) in [5, 5.41) is 14.2. The highest BCUT2D eigenvalue weighted by Gasteiger charge is 2.14. The van der Waals surface area contributed by atoms with Crippen molar-refractivity contribution in [1.29, 1.82) is 0 Å². The summed E-state index contributed by atoms with van der Waals surface area (Å²) in [4.78, 5) is 10.3. The average Bonchev–Trinajstić information content (AvgIpc) is 2.64. The van der Waals surface area contributed by atoms with Crippen LogP contribution < -0.4 is 5.32 Å². The Morgan fingerprint density at radius 1 is 0.880 bits per heavy atom. The first-order chi connectivity index (χ1) is 12.1. The van der Waals surface area contributed by atoms with Crippen LogP contribution in [0.15, 0.2) is 78.9 Å². The molecule has 0 fully saturated rings. The molecule has 0 unspecified atom stereocenters. The SMILES string of the molecule is O=[N+]([O-])c1ccc(CN[C@H](c2ccccc2)c2ccc(F)cc2)cc1. The first-order valence-corrected chi connectivity index (χ1v) is 7.90. The van der Waals surface area contributed by atoms with Gasteiger partial charge in [-0.05, 0) is 28.8 Å². The maximum absolute atomic E-state index is 13.2.